The van der Waals surface area contributed by atoms with Gasteiger partial charge in [-0.2, -0.15) is 0 Å². The fraction of sp³-hybridized carbons (Fsp3) is 0.219. The number of hydrogen-bond donors (Lipinski definition) is 0. The van der Waals surface area contributed by atoms with Crippen LogP contribution in [-0.4, -0.2) is 24.3 Å². The standard InChI is InChI=1S/C32H28BrIN2O5S/c1-4-24-27(31(38)39-3)28(21-9-7-6-8-10-21)36-30(37)26(42-32(36)35-24)17-20-15-23(33)29(25(16-20)40-5-2)41-18-19-11-13-22(34)14-12-19/h6-17,28H,4-5,18H2,1-3H3/b26-17-/t28-/m1/s1. The molecule has 5 rings (SSSR count). The van der Waals surface area contributed by atoms with Gasteiger partial charge in [0.2, 0.25) is 0 Å². The van der Waals surface area contributed by atoms with Crippen molar-refractivity contribution in [3.8, 4) is 11.5 Å². The van der Waals surface area contributed by atoms with E-state index in [2.05, 4.69) is 38.5 Å². The Morgan fingerprint density at radius 3 is 2.50 bits per heavy atom. The second kappa shape index (κ2) is 13.4. The van der Waals surface area contributed by atoms with Gasteiger partial charge in [-0.1, -0.05) is 60.7 Å². The summed E-state index contributed by atoms with van der Waals surface area (Å²) in [5.74, 6) is 0.665. The van der Waals surface area contributed by atoms with Crippen LogP contribution in [0.3, 0.4) is 0 Å². The lowest BCUT2D eigenvalue weighted by Gasteiger charge is -2.25. The van der Waals surface area contributed by atoms with Gasteiger partial charge in [0.15, 0.2) is 16.3 Å². The summed E-state index contributed by atoms with van der Waals surface area (Å²) >= 11 is 7.21. The topological polar surface area (TPSA) is 79.1 Å². The number of benzene rings is 3. The number of carbonyl (C=O) groups is 1. The van der Waals surface area contributed by atoms with Gasteiger partial charge < -0.3 is 14.2 Å². The van der Waals surface area contributed by atoms with Crippen LogP contribution < -0.4 is 24.4 Å². The molecule has 0 radical (unpaired) electrons. The number of halogens is 2. The number of esters is 1. The zero-order valence-corrected chi connectivity index (χ0v) is 27.8. The van der Waals surface area contributed by atoms with Gasteiger partial charge in [-0.05, 0) is 98.9 Å². The van der Waals surface area contributed by atoms with E-state index >= 15 is 0 Å². The van der Waals surface area contributed by atoms with Crippen molar-refractivity contribution in [1.82, 2.24) is 4.57 Å². The maximum absolute atomic E-state index is 13.9. The van der Waals surface area contributed by atoms with Gasteiger partial charge in [-0.15, -0.1) is 0 Å². The summed E-state index contributed by atoms with van der Waals surface area (Å²) in [7, 11) is 1.34. The molecule has 0 bridgehead atoms. The van der Waals surface area contributed by atoms with E-state index in [-0.39, 0.29) is 5.56 Å². The van der Waals surface area contributed by atoms with Crippen LogP contribution in [0.4, 0.5) is 0 Å². The summed E-state index contributed by atoms with van der Waals surface area (Å²) in [6.07, 6.45) is 2.34. The Morgan fingerprint density at radius 2 is 1.83 bits per heavy atom. The third-order valence-electron chi connectivity index (χ3n) is 6.69. The molecule has 1 aliphatic rings. The molecule has 0 unspecified atom stereocenters. The van der Waals surface area contributed by atoms with Crippen LogP contribution in [-0.2, 0) is 16.1 Å². The molecule has 1 aromatic heterocycles. The summed E-state index contributed by atoms with van der Waals surface area (Å²) < 4.78 is 21.2. The van der Waals surface area contributed by atoms with Crippen molar-refractivity contribution in [2.75, 3.05) is 13.7 Å². The normalized spacial score (nSPS) is 14.8. The lowest BCUT2D eigenvalue weighted by atomic mass is 9.95. The van der Waals surface area contributed by atoms with Gasteiger partial charge in [0.25, 0.3) is 5.56 Å². The number of thiazole rings is 1. The van der Waals surface area contributed by atoms with Crippen LogP contribution >= 0.6 is 49.9 Å². The van der Waals surface area contributed by atoms with E-state index in [9.17, 15) is 9.59 Å². The molecule has 0 saturated heterocycles. The fourth-order valence-electron chi connectivity index (χ4n) is 4.78. The molecule has 4 aromatic rings. The third-order valence-corrected chi connectivity index (χ3v) is 8.98. The first kappa shape index (κ1) is 30.2. The van der Waals surface area contributed by atoms with Crippen molar-refractivity contribution in [3.63, 3.8) is 0 Å². The molecule has 0 fully saturated rings. The molecular weight excluding hydrogens is 731 g/mol. The molecule has 2 heterocycles. The zero-order chi connectivity index (χ0) is 29.8. The smallest absolute Gasteiger partial charge is 0.338 e. The Balaban J connectivity index is 1.59. The first-order chi connectivity index (χ1) is 20.3. The Bertz CT molecular complexity index is 1830. The van der Waals surface area contributed by atoms with E-state index in [1.807, 2.05) is 86.7 Å². The molecule has 1 atom stereocenters. The number of allylic oxidation sites excluding steroid dienone is 1. The average molecular weight is 759 g/mol. The second-order valence-corrected chi connectivity index (χ2v) is 12.5. The number of fused-ring (bicyclic) bond motifs is 1. The Kier molecular flexibility index (Phi) is 9.64. The van der Waals surface area contributed by atoms with E-state index in [1.54, 1.807) is 4.57 Å². The molecule has 216 valence electrons. The highest BCUT2D eigenvalue weighted by molar-refractivity contribution is 14.1. The van der Waals surface area contributed by atoms with Crippen LogP contribution in [0.5, 0.6) is 11.5 Å². The predicted molar refractivity (Wildman–Crippen MR) is 176 cm³/mol. The van der Waals surface area contributed by atoms with E-state index in [0.29, 0.717) is 56.2 Å². The number of carbonyl (C=O) groups excluding carboxylic acids is 1. The van der Waals surface area contributed by atoms with Crippen LogP contribution in [0.25, 0.3) is 6.08 Å². The van der Waals surface area contributed by atoms with Crippen molar-refractivity contribution in [1.29, 1.82) is 0 Å². The minimum absolute atomic E-state index is 0.239. The van der Waals surface area contributed by atoms with Crippen molar-refractivity contribution in [3.05, 3.63) is 122 Å². The first-order valence-electron chi connectivity index (χ1n) is 13.4. The molecule has 0 amide bonds. The molecule has 42 heavy (non-hydrogen) atoms. The monoisotopic (exact) mass is 758 g/mol. The van der Waals surface area contributed by atoms with E-state index < -0.39 is 12.0 Å². The molecule has 10 heteroatoms. The quantitative estimate of drug-likeness (QED) is 0.151. The maximum atomic E-state index is 13.9. The zero-order valence-electron chi connectivity index (χ0n) is 23.2. The highest BCUT2D eigenvalue weighted by Crippen LogP contribution is 2.38. The molecular formula is C32H28BrIN2O5S. The van der Waals surface area contributed by atoms with Crippen molar-refractivity contribution >= 4 is 61.9 Å². The number of rotatable bonds is 9. The highest BCUT2D eigenvalue weighted by atomic mass is 127. The molecule has 0 saturated carbocycles. The lowest BCUT2D eigenvalue weighted by Crippen LogP contribution is -2.40. The largest absolute Gasteiger partial charge is 0.490 e. The summed E-state index contributed by atoms with van der Waals surface area (Å²) in [5, 5.41) is 0. The molecule has 0 aliphatic carbocycles. The molecule has 3 aromatic carbocycles. The van der Waals surface area contributed by atoms with Gasteiger partial charge in [0.05, 0.1) is 40.0 Å². The number of aromatic nitrogens is 1. The van der Waals surface area contributed by atoms with E-state index in [0.717, 1.165) is 20.3 Å². The van der Waals surface area contributed by atoms with Gasteiger partial charge >= 0.3 is 5.97 Å². The minimum atomic E-state index is -0.644. The number of hydrogen-bond acceptors (Lipinski definition) is 7. The molecule has 0 N–H and O–H groups in total. The summed E-state index contributed by atoms with van der Waals surface area (Å²) in [4.78, 5) is 32.2. The molecule has 0 spiro atoms. The summed E-state index contributed by atoms with van der Waals surface area (Å²) in [6.45, 7) is 4.68. The van der Waals surface area contributed by atoms with Crippen molar-refractivity contribution < 1.29 is 19.0 Å². The predicted octanol–water partition coefficient (Wildman–Crippen LogP) is 6.14. The summed E-state index contributed by atoms with van der Waals surface area (Å²) in [5.41, 5.74) is 3.36. The Labute approximate surface area is 269 Å². The van der Waals surface area contributed by atoms with Crippen LogP contribution in [0.1, 0.15) is 43.0 Å². The highest BCUT2D eigenvalue weighted by Gasteiger charge is 2.33. The van der Waals surface area contributed by atoms with E-state index in [1.165, 1.54) is 18.4 Å². The van der Waals surface area contributed by atoms with Gasteiger partial charge in [-0.3, -0.25) is 9.36 Å². The van der Waals surface area contributed by atoms with Crippen LogP contribution in [0.15, 0.2) is 92.3 Å². The average Bonchev–Trinajstić information content (AvgIpc) is 3.30. The summed E-state index contributed by atoms with van der Waals surface area (Å²) in [6, 6.07) is 20.7. The Morgan fingerprint density at radius 1 is 1.10 bits per heavy atom. The van der Waals surface area contributed by atoms with Gasteiger partial charge in [0, 0.05) is 3.57 Å². The van der Waals surface area contributed by atoms with Crippen LogP contribution in [0.2, 0.25) is 0 Å². The van der Waals surface area contributed by atoms with Crippen molar-refractivity contribution in [2.45, 2.75) is 32.9 Å². The van der Waals surface area contributed by atoms with Gasteiger partial charge in [0.1, 0.15) is 6.61 Å². The Hall–Kier alpha value is -3.22. The number of nitrogens with zero attached hydrogens (tertiary/aromatic N) is 2. The lowest BCUT2D eigenvalue weighted by molar-refractivity contribution is -0.136. The van der Waals surface area contributed by atoms with Crippen LogP contribution in [0, 0.1) is 3.57 Å². The molecule has 7 nitrogen and oxygen atoms in total. The number of methoxy groups -OCH3 is 1. The molecule has 1 aliphatic heterocycles. The SMILES string of the molecule is CCOc1cc(/C=c2\sc3n(c2=O)[C@H](c2ccccc2)C(C(=O)OC)=C(CC)N=3)cc(Br)c1OCc1ccc(I)cc1. The van der Waals surface area contributed by atoms with Gasteiger partial charge in [-0.25, -0.2) is 9.79 Å². The van der Waals surface area contributed by atoms with E-state index in [4.69, 9.17) is 19.2 Å². The minimum Gasteiger partial charge on any atom is -0.490 e. The number of ether oxygens (including phenoxy) is 3. The fourth-order valence-corrected chi connectivity index (χ4v) is 6.73. The second-order valence-electron chi connectivity index (χ2n) is 9.38. The third kappa shape index (κ3) is 6.25. The first-order valence-corrected chi connectivity index (χ1v) is 16.0. The van der Waals surface area contributed by atoms with Crippen molar-refractivity contribution in [2.24, 2.45) is 4.99 Å². The maximum Gasteiger partial charge on any atom is 0.338 e.